The molecule has 3 heterocycles. The van der Waals surface area contributed by atoms with E-state index in [2.05, 4.69) is 41.1 Å². The molecule has 126 valence electrons. The first-order valence-corrected chi connectivity index (χ1v) is 10.5. The number of hydrogen-bond acceptors (Lipinski definition) is 3. The van der Waals surface area contributed by atoms with Crippen molar-refractivity contribution < 1.29 is 8.42 Å². The van der Waals surface area contributed by atoms with Crippen molar-refractivity contribution in [3.05, 3.63) is 54.0 Å². The summed E-state index contributed by atoms with van der Waals surface area (Å²) in [6.07, 6.45) is 3.97. The third kappa shape index (κ3) is 2.90. The predicted molar refractivity (Wildman–Crippen MR) is 97.7 cm³/mol. The summed E-state index contributed by atoms with van der Waals surface area (Å²) >= 11 is 1.30. The van der Waals surface area contributed by atoms with Crippen molar-refractivity contribution in [3.8, 4) is 0 Å². The van der Waals surface area contributed by atoms with E-state index in [9.17, 15) is 8.42 Å². The van der Waals surface area contributed by atoms with E-state index in [1.165, 1.54) is 22.2 Å². The van der Waals surface area contributed by atoms with Crippen LogP contribution in [-0.4, -0.2) is 30.4 Å². The highest BCUT2D eigenvalue weighted by atomic mass is 32.2. The van der Waals surface area contributed by atoms with Gasteiger partial charge in [0.2, 0.25) is 0 Å². The number of fused-ring (bicyclic) bond motifs is 1. The van der Waals surface area contributed by atoms with Crippen LogP contribution >= 0.6 is 11.3 Å². The van der Waals surface area contributed by atoms with Crippen LogP contribution in [0.1, 0.15) is 12.8 Å². The number of sulfonamides is 1. The van der Waals surface area contributed by atoms with Crippen LogP contribution in [0.3, 0.4) is 0 Å². The number of nitrogens with zero attached hydrogens (tertiary/aromatic N) is 2. The van der Waals surface area contributed by atoms with Crippen molar-refractivity contribution >= 4 is 32.3 Å². The second kappa shape index (κ2) is 6.35. The molecule has 1 saturated heterocycles. The van der Waals surface area contributed by atoms with Gasteiger partial charge < -0.3 is 4.57 Å². The number of aromatic nitrogens is 1. The molecule has 1 fully saturated rings. The van der Waals surface area contributed by atoms with Gasteiger partial charge in [0.15, 0.2) is 0 Å². The zero-order chi connectivity index (χ0) is 16.6. The van der Waals surface area contributed by atoms with Gasteiger partial charge in [-0.1, -0.05) is 24.3 Å². The number of rotatable bonds is 4. The Hall–Kier alpha value is -1.63. The van der Waals surface area contributed by atoms with Crippen LogP contribution in [0.2, 0.25) is 0 Å². The van der Waals surface area contributed by atoms with E-state index in [0.29, 0.717) is 23.2 Å². The quantitative estimate of drug-likeness (QED) is 0.710. The van der Waals surface area contributed by atoms with Crippen LogP contribution in [0.5, 0.6) is 0 Å². The smallest absolute Gasteiger partial charge is 0.252 e. The maximum absolute atomic E-state index is 12.6. The van der Waals surface area contributed by atoms with Crippen LogP contribution < -0.4 is 0 Å². The Kier molecular flexibility index (Phi) is 4.20. The first-order chi connectivity index (χ1) is 11.6. The average Bonchev–Trinajstić information content (AvgIpc) is 3.26. The zero-order valence-corrected chi connectivity index (χ0v) is 15.0. The Balaban J connectivity index is 1.43. The zero-order valence-electron chi connectivity index (χ0n) is 13.3. The number of hydrogen-bond donors (Lipinski definition) is 0. The molecule has 1 aliphatic rings. The Bertz CT molecular complexity index is 921. The molecule has 0 amide bonds. The molecule has 3 aromatic rings. The average molecular weight is 361 g/mol. The molecule has 4 rings (SSSR count). The standard InChI is InChI=1S/C18H20N2O2S2/c21-24(22,18-6-3-13-23-18)20-11-7-15(8-12-20)14-19-10-9-16-4-1-2-5-17(16)19/h1-6,9-10,13,15H,7-8,11-12,14H2. The number of thiophene rings is 1. The van der Waals surface area contributed by atoms with Crippen LogP contribution in [-0.2, 0) is 16.6 Å². The third-order valence-corrected chi connectivity index (χ3v) is 8.07. The SMILES string of the molecule is O=S(=O)(c1cccs1)N1CCC(Cn2ccc3ccccc32)CC1. The van der Waals surface area contributed by atoms with Gasteiger partial charge in [0.1, 0.15) is 4.21 Å². The minimum atomic E-state index is -3.29. The first kappa shape index (κ1) is 15.9. The molecule has 0 atom stereocenters. The Labute approximate surface area is 146 Å². The lowest BCUT2D eigenvalue weighted by atomic mass is 9.98. The lowest BCUT2D eigenvalue weighted by Crippen LogP contribution is -2.38. The molecule has 0 aliphatic carbocycles. The van der Waals surface area contributed by atoms with Gasteiger partial charge in [-0.15, -0.1) is 11.3 Å². The topological polar surface area (TPSA) is 42.3 Å². The van der Waals surface area contributed by atoms with Gasteiger partial charge in [-0.3, -0.25) is 0 Å². The summed E-state index contributed by atoms with van der Waals surface area (Å²) in [5, 5.41) is 3.08. The fraction of sp³-hybridized carbons (Fsp3) is 0.333. The van der Waals surface area contributed by atoms with Crippen LogP contribution in [0.4, 0.5) is 0 Å². The van der Waals surface area contributed by atoms with Crippen molar-refractivity contribution in [1.29, 1.82) is 0 Å². The molecule has 6 heteroatoms. The highest BCUT2D eigenvalue weighted by molar-refractivity contribution is 7.91. The van der Waals surface area contributed by atoms with E-state index in [1.54, 1.807) is 16.4 Å². The molecule has 0 radical (unpaired) electrons. The molecule has 24 heavy (non-hydrogen) atoms. The summed E-state index contributed by atoms with van der Waals surface area (Å²) < 4.78 is 29.5. The van der Waals surface area contributed by atoms with Crippen molar-refractivity contribution in [2.45, 2.75) is 23.6 Å². The highest BCUT2D eigenvalue weighted by Crippen LogP contribution is 2.28. The monoisotopic (exact) mass is 360 g/mol. The molecular formula is C18H20N2O2S2. The van der Waals surface area contributed by atoms with Gasteiger partial charge in [-0.05, 0) is 47.7 Å². The summed E-state index contributed by atoms with van der Waals surface area (Å²) in [6, 6.07) is 14.0. The van der Waals surface area contributed by atoms with Crippen molar-refractivity contribution in [1.82, 2.24) is 8.87 Å². The van der Waals surface area contributed by atoms with E-state index in [4.69, 9.17) is 0 Å². The van der Waals surface area contributed by atoms with E-state index in [1.807, 2.05) is 5.38 Å². The molecule has 4 nitrogen and oxygen atoms in total. The largest absolute Gasteiger partial charge is 0.347 e. The minimum Gasteiger partial charge on any atom is -0.347 e. The summed E-state index contributed by atoms with van der Waals surface area (Å²) in [5.41, 5.74) is 1.26. The van der Waals surface area contributed by atoms with E-state index in [0.717, 1.165) is 19.4 Å². The first-order valence-electron chi connectivity index (χ1n) is 8.22. The van der Waals surface area contributed by atoms with Gasteiger partial charge in [0.25, 0.3) is 10.0 Å². The highest BCUT2D eigenvalue weighted by Gasteiger charge is 2.30. The second-order valence-corrected chi connectivity index (χ2v) is 9.42. The lowest BCUT2D eigenvalue weighted by molar-refractivity contribution is 0.255. The lowest BCUT2D eigenvalue weighted by Gasteiger charge is -2.31. The van der Waals surface area contributed by atoms with Crippen molar-refractivity contribution in [2.24, 2.45) is 5.92 Å². The number of para-hydroxylation sites is 1. The van der Waals surface area contributed by atoms with Gasteiger partial charge >= 0.3 is 0 Å². The molecule has 2 aromatic heterocycles. The fourth-order valence-corrected chi connectivity index (χ4v) is 6.06. The molecule has 0 spiro atoms. The molecule has 1 aliphatic heterocycles. The molecule has 0 saturated carbocycles. The summed E-state index contributed by atoms with van der Waals surface area (Å²) in [4.78, 5) is 0. The van der Waals surface area contributed by atoms with E-state index in [-0.39, 0.29) is 0 Å². The van der Waals surface area contributed by atoms with Crippen LogP contribution in [0.15, 0.2) is 58.3 Å². The normalized spacial score (nSPS) is 17.5. The third-order valence-electron chi connectivity index (χ3n) is 4.80. The molecular weight excluding hydrogens is 340 g/mol. The van der Waals surface area contributed by atoms with Gasteiger partial charge in [0, 0.05) is 31.3 Å². The van der Waals surface area contributed by atoms with Gasteiger partial charge in [-0.2, -0.15) is 4.31 Å². The molecule has 0 N–H and O–H groups in total. The predicted octanol–water partition coefficient (Wildman–Crippen LogP) is 3.80. The van der Waals surface area contributed by atoms with Crippen molar-refractivity contribution in [3.63, 3.8) is 0 Å². The molecule has 1 aromatic carbocycles. The summed E-state index contributed by atoms with van der Waals surface area (Å²) in [5.74, 6) is 0.524. The Morgan fingerprint density at radius 1 is 1.04 bits per heavy atom. The number of piperidine rings is 1. The second-order valence-electron chi connectivity index (χ2n) is 6.31. The van der Waals surface area contributed by atoms with Gasteiger partial charge in [-0.25, -0.2) is 8.42 Å². The molecule has 0 bridgehead atoms. The molecule has 0 unspecified atom stereocenters. The maximum Gasteiger partial charge on any atom is 0.252 e. The van der Waals surface area contributed by atoms with Crippen LogP contribution in [0, 0.1) is 5.92 Å². The summed E-state index contributed by atoms with van der Waals surface area (Å²) in [7, 11) is -3.29. The fourth-order valence-electron chi connectivity index (χ4n) is 3.45. The Morgan fingerprint density at radius 3 is 2.58 bits per heavy atom. The minimum absolute atomic E-state index is 0.456. The van der Waals surface area contributed by atoms with Crippen molar-refractivity contribution in [2.75, 3.05) is 13.1 Å². The summed E-state index contributed by atoms with van der Waals surface area (Å²) in [6.45, 7) is 2.19. The maximum atomic E-state index is 12.6. The Morgan fingerprint density at radius 2 is 1.83 bits per heavy atom. The van der Waals surface area contributed by atoms with E-state index < -0.39 is 10.0 Å². The van der Waals surface area contributed by atoms with E-state index >= 15 is 0 Å². The van der Waals surface area contributed by atoms with Crippen LogP contribution in [0.25, 0.3) is 10.9 Å². The number of benzene rings is 1. The van der Waals surface area contributed by atoms with Gasteiger partial charge in [0.05, 0.1) is 0 Å².